The third kappa shape index (κ3) is 1.67. The molecule has 2 heterocycles. The van der Waals surface area contributed by atoms with Crippen molar-refractivity contribution in [2.24, 2.45) is 4.99 Å². The number of nitro benzene ring substituents is 1. The average molecular weight is 262 g/mol. The molecule has 0 saturated heterocycles. The molecule has 2 aliphatic rings. The molecule has 6 nitrogen and oxygen atoms in total. The molecule has 0 radical (unpaired) electrons. The van der Waals surface area contributed by atoms with Crippen molar-refractivity contribution in [2.75, 3.05) is 13.1 Å². The zero-order valence-corrected chi connectivity index (χ0v) is 10.2. The van der Waals surface area contributed by atoms with Gasteiger partial charge in [0.15, 0.2) is 5.17 Å². The minimum absolute atomic E-state index is 0.0657. The van der Waals surface area contributed by atoms with E-state index in [1.165, 1.54) is 17.8 Å². The van der Waals surface area contributed by atoms with Crippen LogP contribution in [0.1, 0.15) is 12.0 Å². The first-order valence-corrected chi connectivity index (χ1v) is 6.35. The van der Waals surface area contributed by atoms with Gasteiger partial charge in [-0.15, -0.1) is 0 Å². The van der Waals surface area contributed by atoms with Crippen LogP contribution in [0.15, 0.2) is 28.1 Å². The summed E-state index contributed by atoms with van der Waals surface area (Å²) >= 11 is 1.32. The van der Waals surface area contributed by atoms with Crippen molar-refractivity contribution in [3.8, 4) is 0 Å². The lowest BCUT2D eigenvalue weighted by Crippen LogP contribution is -2.42. The van der Waals surface area contributed by atoms with Crippen molar-refractivity contribution in [2.45, 2.75) is 11.3 Å². The van der Waals surface area contributed by atoms with Gasteiger partial charge in [-0.3, -0.25) is 20.5 Å². The van der Waals surface area contributed by atoms with E-state index in [0.29, 0.717) is 17.5 Å². The molecule has 0 spiro atoms. The summed E-state index contributed by atoms with van der Waals surface area (Å²) in [6, 6.07) is 4.71. The van der Waals surface area contributed by atoms with Crippen molar-refractivity contribution < 1.29 is 4.92 Å². The van der Waals surface area contributed by atoms with E-state index >= 15 is 0 Å². The minimum atomic E-state index is -0.404. The molecule has 0 bridgehead atoms. The quantitative estimate of drug-likeness (QED) is 0.620. The number of fused-ring (bicyclic) bond motifs is 3. The number of nitro groups is 1. The lowest BCUT2D eigenvalue weighted by Gasteiger charge is -2.33. The van der Waals surface area contributed by atoms with E-state index in [9.17, 15) is 10.1 Å². The average Bonchev–Trinajstić information content (AvgIpc) is 2.38. The molecule has 0 aliphatic carbocycles. The monoisotopic (exact) mass is 262 g/mol. The Labute approximate surface area is 107 Å². The van der Waals surface area contributed by atoms with Crippen molar-refractivity contribution in [3.63, 3.8) is 0 Å². The molecule has 0 amide bonds. The largest absolute Gasteiger partial charge is 0.305 e. The number of nitrogens with one attached hydrogen (secondary N) is 1. The van der Waals surface area contributed by atoms with E-state index in [2.05, 4.69) is 4.99 Å². The van der Waals surface area contributed by atoms with Gasteiger partial charge in [0.1, 0.15) is 5.84 Å². The number of benzene rings is 1. The van der Waals surface area contributed by atoms with E-state index in [0.717, 1.165) is 23.4 Å². The first kappa shape index (κ1) is 11.2. The van der Waals surface area contributed by atoms with Gasteiger partial charge >= 0.3 is 0 Å². The number of nitrogens with zero attached hydrogens (tertiary/aromatic N) is 3. The molecular weight excluding hydrogens is 252 g/mol. The zero-order chi connectivity index (χ0) is 12.7. The van der Waals surface area contributed by atoms with Crippen LogP contribution < -0.4 is 0 Å². The Morgan fingerprint density at radius 1 is 1.50 bits per heavy atom. The van der Waals surface area contributed by atoms with Crippen LogP contribution in [0.3, 0.4) is 0 Å². The normalized spacial score (nSPS) is 17.9. The standard InChI is InChI=1S/C11H10N4O2S/c12-11-14-5-1-4-13-10(14)8-6-7(15(16)17)2-3-9(8)18-11/h2-3,6,12H,1,4-5H2. The SMILES string of the molecule is N=C1Sc2ccc([N+](=O)[O-])cc2C2=NCCCN12. The molecule has 7 heteroatoms. The number of rotatable bonds is 1. The summed E-state index contributed by atoms with van der Waals surface area (Å²) in [5.41, 5.74) is 0.834. The third-order valence-electron chi connectivity index (χ3n) is 2.92. The van der Waals surface area contributed by atoms with Crippen LogP contribution in [0, 0.1) is 15.5 Å². The summed E-state index contributed by atoms with van der Waals surface area (Å²) in [5.74, 6) is 0.698. The summed E-state index contributed by atoms with van der Waals surface area (Å²) < 4.78 is 0. The number of hydrogen-bond donors (Lipinski definition) is 1. The number of non-ortho nitro benzene ring substituents is 1. The third-order valence-corrected chi connectivity index (χ3v) is 3.91. The van der Waals surface area contributed by atoms with E-state index in [1.807, 2.05) is 4.90 Å². The van der Waals surface area contributed by atoms with Crippen LogP contribution >= 0.6 is 11.8 Å². The van der Waals surface area contributed by atoms with Crippen LogP contribution in [0.4, 0.5) is 5.69 Å². The number of aliphatic imine (C=N–C) groups is 1. The van der Waals surface area contributed by atoms with Gasteiger partial charge in [-0.2, -0.15) is 0 Å². The van der Waals surface area contributed by atoms with Gasteiger partial charge in [-0.25, -0.2) is 0 Å². The summed E-state index contributed by atoms with van der Waals surface area (Å²) in [4.78, 5) is 17.5. The van der Waals surface area contributed by atoms with Gasteiger partial charge in [0.2, 0.25) is 0 Å². The Bertz CT molecular complexity index is 584. The highest BCUT2D eigenvalue weighted by atomic mass is 32.2. The van der Waals surface area contributed by atoms with Gasteiger partial charge in [-0.1, -0.05) is 11.8 Å². The molecule has 0 aromatic heterocycles. The predicted octanol–water partition coefficient (Wildman–Crippen LogP) is 2.09. The van der Waals surface area contributed by atoms with Gasteiger partial charge in [0, 0.05) is 35.7 Å². The molecule has 3 rings (SSSR count). The fourth-order valence-corrected chi connectivity index (χ4v) is 2.98. The molecule has 92 valence electrons. The van der Waals surface area contributed by atoms with E-state index in [-0.39, 0.29) is 5.69 Å². The van der Waals surface area contributed by atoms with Crippen LogP contribution in [-0.2, 0) is 0 Å². The van der Waals surface area contributed by atoms with Crippen LogP contribution in [-0.4, -0.2) is 33.9 Å². The predicted molar refractivity (Wildman–Crippen MR) is 69.4 cm³/mol. The lowest BCUT2D eigenvalue weighted by molar-refractivity contribution is -0.384. The van der Waals surface area contributed by atoms with E-state index < -0.39 is 4.92 Å². The lowest BCUT2D eigenvalue weighted by atomic mass is 10.1. The van der Waals surface area contributed by atoms with Gasteiger partial charge in [0.05, 0.1) is 4.92 Å². The molecule has 1 N–H and O–H groups in total. The van der Waals surface area contributed by atoms with Crippen LogP contribution in [0.5, 0.6) is 0 Å². The summed E-state index contributed by atoms with van der Waals surface area (Å²) in [6.07, 6.45) is 0.913. The molecule has 1 aromatic rings. The molecule has 18 heavy (non-hydrogen) atoms. The fourth-order valence-electron chi connectivity index (χ4n) is 2.09. The maximum absolute atomic E-state index is 10.8. The molecule has 1 aromatic carbocycles. The van der Waals surface area contributed by atoms with Crippen molar-refractivity contribution >= 4 is 28.5 Å². The van der Waals surface area contributed by atoms with Gasteiger partial charge in [0.25, 0.3) is 5.69 Å². The number of amidine groups is 2. The Hall–Kier alpha value is -1.89. The first-order valence-electron chi connectivity index (χ1n) is 5.54. The van der Waals surface area contributed by atoms with Crippen molar-refractivity contribution in [1.29, 1.82) is 5.41 Å². The van der Waals surface area contributed by atoms with Crippen LogP contribution in [0.2, 0.25) is 0 Å². The minimum Gasteiger partial charge on any atom is -0.305 e. The highest BCUT2D eigenvalue weighted by molar-refractivity contribution is 8.14. The summed E-state index contributed by atoms with van der Waals surface area (Å²) in [7, 11) is 0. The first-order chi connectivity index (χ1) is 8.66. The highest BCUT2D eigenvalue weighted by Gasteiger charge is 2.30. The van der Waals surface area contributed by atoms with Crippen LogP contribution in [0.25, 0.3) is 0 Å². The summed E-state index contributed by atoms with van der Waals surface area (Å²) in [6.45, 7) is 1.47. The highest BCUT2D eigenvalue weighted by Crippen LogP contribution is 2.35. The van der Waals surface area contributed by atoms with Crippen molar-refractivity contribution in [1.82, 2.24) is 4.90 Å². The van der Waals surface area contributed by atoms with Gasteiger partial charge < -0.3 is 4.90 Å². The smallest absolute Gasteiger partial charge is 0.270 e. The second-order valence-electron chi connectivity index (χ2n) is 4.06. The second-order valence-corrected chi connectivity index (χ2v) is 5.09. The van der Waals surface area contributed by atoms with E-state index in [1.54, 1.807) is 12.1 Å². The summed E-state index contributed by atoms with van der Waals surface area (Å²) in [5, 5.41) is 19.2. The molecule has 0 fully saturated rings. The molecule has 2 aliphatic heterocycles. The maximum atomic E-state index is 10.8. The maximum Gasteiger partial charge on any atom is 0.270 e. The van der Waals surface area contributed by atoms with Gasteiger partial charge in [-0.05, 0) is 12.5 Å². The number of thioether (sulfide) groups is 1. The second kappa shape index (κ2) is 4.09. The Kier molecular flexibility index (Phi) is 2.55. The Morgan fingerprint density at radius 2 is 2.33 bits per heavy atom. The Balaban J connectivity index is 2.15. The molecule has 0 atom stereocenters. The topological polar surface area (TPSA) is 82.6 Å². The fraction of sp³-hybridized carbons (Fsp3) is 0.273. The van der Waals surface area contributed by atoms with Crippen molar-refractivity contribution in [3.05, 3.63) is 33.9 Å². The zero-order valence-electron chi connectivity index (χ0n) is 9.42. The molecule has 0 saturated carbocycles. The van der Waals surface area contributed by atoms with E-state index in [4.69, 9.17) is 5.41 Å². The number of hydrogen-bond acceptors (Lipinski definition) is 5. The Morgan fingerprint density at radius 3 is 3.11 bits per heavy atom. The molecular formula is C11H10N4O2S. The molecule has 0 unspecified atom stereocenters.